The van der Waals surface area contributed by atoms with Gasteiger partial charge in [-0.3, -0.25) is 0 Å². The van der Waals surface area contributed by atoms with Crippen LogP contribution in [-0.4, -0.2) is 24.0 Å². The second kappa shape index (κ2) is 7.13. The Labute approximate surface area is 129 Å². The Balaban J connectivity index is 1.42. The highest BCUT2D eigenvalue weighted by Gasteiger charge is 2.19. The molecule has 0 saturated heterocycles. The Morgan fingerprint density at radius 1 is 1.10 bits per heavy atom. The van der Waals surface area contributed by atoms with Crippen LogP contribution in [0.4, 0.5) is 0 Å². The summed E-state index contributed by atoms with van der Waals surface area (Å²) in [5.41, 5.74) is 8.91. The summed E-state index contributed by atoms with van der Waals surface area (Å²) in [6, 6.07) is 0.472. The molecule has 3 aliphatic rings. The van der Waals surface area contributed by atoms with Gasteiger partial charge in [0.15, 0.2) is 0 Å². The van der Waals surface area contributed by atoms with Gasteiger partial charge < -0.3 is 10.6 Å². The molecule has 1 saturated carbocycles. The normalized spacial score (nSPS) is 29.3. The topological polar surface area (TPSA) is 29.3 Å². The average molecular weight is 284 g/mol. The number of hydrogen-bond acceptors (Lipinski definition) is 2. The maximum Gasteiger partial charge on any atom is 0.0362 e. The van der Waals surface area contributed by atoms with Gasteiger partial charge in [-0.1, -0.05) is 24.3 Å². The van der Waals surface area contributed by atoms with Gasteiger partial charge in [-0.2, -0.15) is 0 Å². The van der Waals surface area contributed by atoms with E-state index in [2.05, 4.69) is 41.5 Å². The van der Waals surface area contributed by atoms with E-state index in [4.69, 9.17) is 5.73 Å². The van der Waals surface area contributed by atoms with Crippen LogP contribution in [0.3, 0.4) is 0 Å². The fourth-order valence-electron chi connectivity index (χ4n) is 3.60. The Morgan fingerprint density at radius 2 is 1.95 bits per heavy atom. The SMILES string of the molecule is NC1CCC(CCN2C=CC(C3=CCC=CC3)=CC2)CC1. The van der Waals surface area contributed by atoms with Crippen molar-refractivity contribution in [2.45, 2.75) is 51.0 Å². The van der Waals surface area contributed by atoms with E-state index in [0.29, 0.717) is 6.04 Å². The van der Waals surface area contributed by atoms with E-state index in [0.717, 1.165) is 25.3 Å². The van der Waals surface area contributed by atoms with Crippen LogP contribution in [0.5, 0.6) is 0 Å². The summed E-state index contributed by atoms with van der Waals surface area (Å²) in [4.78, 5) is 2.46. The van der Waals surface area contributed by atoms with Crippen LogP contribution < -0.4 is 5.73 Å². The first-order chi connectivity index (χ1) is 10.3. The zero-order valence-corrected chi connectivity index (χ0v) is 13.0. The second-order valence-corrected chi connectivity index (χ2v) is 6.68. The molecule has 0 aromatic carbocycles. The van der Waals surface area contributed by atoms with Crippen molar-refractivity contribution in [3.8, 4) is 0 Å². The van der Waals surface area contributed by atoms with Crippen molar-refractivity contribution >= 4 is 0 Å². The summed E-state index contributed by atoms with van der Waals surface area (Å²) in [5, 5.41) is 0. The first-order valence-corrected chi connectivity index (χ1v) is 8.53. The molecule has 21 heavy (non-hydrogen) atoms. The minimum Gasteiger partial charge on any atom is -0.374 e. The average Bonchev–Trinajstić information content (AvgIpc) is 2.56. The lowest BCUT2D eigenvalue weighted by atomic mass is 9.84. The summed E-state index contributed by atoms with van der Waals surface area (Å²) < 4.78 is 0. The summed E-state index contributed by atoms with van der Waals surface area (Å²) in [7, 11) is 0. The van der Waals surface area contributed by atoms with E-state index < -0.39 is 0 Å². The summed E-state index contributed by atoms with van der Waals surface area (Å²) in [5.74, 6) is 0.898. The molecule has 0 bridgehead atoms. The number of nitrogens with zero attached hydrogens (tertiary/aromatic N) is 1. The molecule has 1 fully saturated rings. The highest BCUT2D eigenvalue weighted by molar-refractivity contribution is 5.43. The van der Waals surface area contributed by atoms with E-state index in [1.165, 1.54) is 49.8 Å². The van der Waals surface area contributed by atoms with Gasteiger partial charge in [0.25, 0.3) is 0 Å². The fraction of sp³-hybridized carbons (Fsp3) is 0.579. The Hall–Kier alpha value is -1.28. The van der Waals surface area contributed by atoms with Gasteiger partial charge in [0.05, 0.1) is 0 Å². The molecule has 1 heterocycles. The minimum atomic E-state index is 0.472. The van der Waals surface area contributed by atoms with Gasteiger partial charge in [0.1, 0.15) is 0 Å². The molecular formula is C19H28N2. The van der Waals surface area contributed by atoms with Gasteiger partial charge in [0, 0.05) is 19.1 Å². The standard InChI is InChI=1S/C19H28N2/c20-19-8-6-16(7-9-19)10-13-21-14-11-18(12-15-21)17-4-2-1-3-5-17/h1-2,5,11-12,14,16,19H,3-4,6-10,13,15,20H2. The van der Waals surface area contributed by atoms with Crippen LogP contribution in [0.1, 0.15) is 44.9 Å². The van der Waals surface area contributed by atoms with Gasteiger partial charge in [-0.05, 0) is 74.3 Å². The molecule has 114 valence electrons. The quantitative estimate of drug-likeness (QED) is 0.793. The fourth-order valence-corrected chi connectivity index (χ4v) is 3.60. The van der Waals surface area contributed by atoms with Crippen molar-refractivity contribution in [2.24, 2.45) is 11.7 Å². The molecule has 2 N–H and O–H groups in total. The molecule has 3 rings (SSSR count). The van der Waals surface area contributed by atoms with E-state index in [1.807, 2.05) is 0 Å². The van der Waals surface area contributed by atoms with Crippen molar-refractivity contribution in [3.63, 3.8) is 0 Å². The summed E-state index contributed by atoms with van der Waals surface area (Å²) >= 11 is 0. The maximum atomic E-state index is 5.98. The molecule has 0 aromatic rings. The smallest absolute Gasteiger partial charge is 0.0362 e. The summed E-state index contributed by atoms with van der Waals surface area (Å²) in [6.07, 6.45) is 22.5. The lowest BCUT2D eigenvalue weighted by molar-refractivity contribution is 0.276. The lowest BCUT2D eigenvalue weighted by Gasteiger charge is -2.29. The van der Waals surface area contributed by atoms with Gasteiger partial charge >= 0.3 is 0 Å². The molecule has 0 atom stereocenters. The van der Waals surface area contributed by atoms with E-state index in [9.17, 15) is 0 Å². The van der Waals surface area contributed by atoms with Crippen molar-refractivity contribution in [1.29, 1.82) is 0 Å². The molecule has 2 aliphatic carbocycles. The second-order valence-electron chi connectivity index (χ2n) is 6.68. The zero-order chi connectivity index (χ0) is 14.5. The highest BCUT2D eigenvalue weighted by Crippen LogP contribution is 2.27. The largest absolute Gasteiger partial charge is 0.374 e. The van der Waals surface area contributed by atoms with E-state index >= 15 is 0 Å². The van der Waals surface area contributed by atoms with Crippen LogP contribution in [0.25, 0.3) is 0 Å². The van der Waals surface area contributed by atoms with Crippen molar-refractivity contribution in [2.75, 3.05) is 13.1 Å². The van der Waals surface area contributed by atoms with Crippen LogP contribution in [0.15, 0.2) is 47.7 Å². The van der Waals surface area contributed by atoms with Gasteiger partial charge in [-0.25, -0.2) is 0 Å². The zero-order valence-electron chi connectivity index (χ0n) is 13.0. The van der Waals surface area contributed by atoms with Crippen molar-refractivity contribution in [1.82, 2.24) is 4.90 Å². The third-order valence-electron chi connectivity index (χ3n) is 5.10. The predicted octanol–water partition coefficient (Wildman–Crippen LogP) is 3.93. The monoisotopic (exact) mass is 284 g/mol. The van der Waals surface area contributed by atoms with E-state index in [1.54, 1.807) is 0 Å². The van der Waals surface area contributed by atoms with Gasteiger partial charge in [0.2, 0.25) is 0 Å². The molecule has 0 aromatic heterocycles. The van der Waals surface area contributed by atoms with E-state index in [-0.39, 0.29) is 0 Å². The molecule has 2 heteroatoms. The Kier molecular flexibility index (Phi) is 4.97. The maximum absolute atomic E-state index is 5.98. The molecule has 0 spiro atoms. The molecule has 0 unspecified atom stereocenters. The first kappa shape index (κ1) is 14.6. The lowest BCUT2D eigenvalue weighted by Crippen LogP contribution is -2.29. The van der Waals surface area contributed by atoms with Crippen LogP contribution in [0.2, 0.25) is 0 Å². The number of allylic oxidation sites excluding steroid dienone is 6. The number of nitrogens with two attached hydrogens (primary N) is 1. The van der Waals surface area contributed by atoms with Crippen LogP contribution in [-0.2, 0) is 0 Å². The molecule has 0 radical (unpaired) electrons. The molecule has 0 amide bonds. The first-order valence-electron chi connectivity index (χ1n) is 8.53. The predicted molar refractivity (Wildman–Crippen MR) is 89.8 cm³/mol. The summed E-state index contributed by atoms with van der Waals surface area (Å²) in [6.45, 7) is 2.26. The van der Waals surface area contributed by atoms with Crippen LogP contribution >= 0.6 is 0 Å². The highest BCUT2D eigenvalue weighted by atomic mass is 15.1. The Bertz CT molecular complexity index is 462. The third-order valence-corrected chi connectivity index (χ3v) is 5.10. The number of rotatable bonds is 4. The Morgan fingerprint density at radius 3 is 2.62 bits per heavy atom. The molecule has 1 aliphatic heterocycles. The molecule has 2 nitrogen and oxygen atoms in total. The van der Waals surface area contributed by atoms with Crippen molar-refractivity contribution in [3.05, 3.63) is 47.7 Å². The van der Waals surface area contributed by atoms with Crippen LogP contribution in [0, 0.1) is 5.92 Å². The third kappa shape index (κ3) is 4.10. The van der Waals surface area contributed by atoms with Gasteiger partial charge in [-0.15, -0.1) is 0 Å². The van der Waals surface area contributed by atoms with Crippen molar-refractivity contribution < 1.29 is 0 Å². The minimum absolute atomic E-state index is 0.472. The molecular weight excluding hydrogens is 256 g/mol. The number of hydrogen-bond donors (Lipinski definition) is 1.